The van der Waals surface area contributed by atoms with Gasteiger partial charge in [0.2, 0.25) is 0 Å². The van der Waals surface area contributed by atoms with E-state index in [9.17, 15) is 14.7 Å². The van der Waals surface area contributed by atoms with E-state index < -0.39 is 11.5 Å². The van der Waals surface area contributed by atoms with Gasteiger partial charge in [0.25, 0.3) is 0 Å². The monoisotopic (exact) mass is 298 g/mol. The van der Waals surface area contributed by atoms with Crippen LogP contribution in [-0.4, -0.2) is 41.9 Å². The largest absolute Gasteiger partial charge is 0.480 e. The molecular weight excluding hydrogens is 272 g/mol. The third kappa shape index (κ3) is 4.59. The number of ether oxygens (including phenoxy) is 1. The third-order valence-electron chi connectivity index (χ3n) is 4.48. The van der Waals surface area contributed by atoms with Gasteiger partial charge in [-0.25, -0.2) is 9.59 Å². The summed E-state index contributed by atoms with van der Waals surface area (Å²) >= 11 is 0. The molecule has 0 aromatic heterocycles. The van der Waals surface area contributed by atoms with Crippen LogP contribution < -0.4 is 10.6 Å². The van der Waals surface area contributed by atoms with Crippen molar-refractivity contribution >= 4 is 12.0 Å². The SMILES string of the molecule is O=C(NCCCC1CCCO1)NC1(C(=O)O)CCCCC1. The maximum absolute atomic E-state index is 11.9. The summed E-state index contributed by atoms with van der Waals surface area (Å²) in [6, 6.07) is -0.369. The Morgan fingerprint density at radius 1 is 1.19 bits per heavy atom. The number of aliphatic carboxylic acids is 1. The van der Waals surface area contributed by atoms with Crippen LogP contribution in [0, 0.1) is 0 Å². The summed E-state index contributed by atoms with van der Waals surface area (Å²) in [6.07, 6.45) is 8.16. The van der Waals surface area contributed by atoms with Gasteiger partial charge >= 0.3 is 12.0 Å². The molecule has 0 radical (unpaired) electrons. The highest BCUT2D eigenvalue weighted by Gasteiger charge is 2.40. The van der Waals surface area contributed by atoms with Gasteiger partial charge in [0, 0.05) is 13.2 Å². The van der Waals surface area contributed by atoms with E-state index in [1.165, 1.54) is 0 Å². The fourth-order valence-electron chi connectivity index (χ4n) is 3.21. The van der Waals surface area contributed by atoms with Crippen molar-refractivity contribution < 1.29 is 19.4 Å². The molecule has 6 heteroatoms. The molecule has 0 aromatic carbocycles. The van der Waals surface area contributed by atoms with Crippen LogP contribution in [0.5, 0.6) is 0 Å². The smallest absolute Gasteiger partial charge is 0.329 e. The molecule has 1 unspecified atom stereocenters. The lowest BCUT2D eigenvalue weighted by molar-refractivity contribution is -0.145. The average molecular weight is 298 g/mol. The van der Waals surface area contributed by atoms with Gasteiger partial charge in [-0.2, -0.15) is 0 Å². The molecule has 2 amide bonds. The Hall–Kier alpha value is -1.30. The Kier molecular flexibility index (Phi) is 5.85. The Balaban J connectivity index is 1.68. The first-order chi connectivity index (χ1) is 10.1. The van der Waals surface area contributed by atoms with Crippen LogP contribution in [0.4, 0.5) is 4.79 Å². The lowest BCUT2D eigenvalue weighted by atomic mass is 9.82. The number of carbonyl (C=O) groups is 2. The first kappa shape index (κ1) is 16.1. The second-order valence-electron chi connectivity index (χ2n) is 6.11. The van der Waals surface area contributed by atoms with E-state index in [0.717, 1.165) is 51.6 Å². The van der Waals surface area contributed by atoms with Gasteiger partial charge in [0.1, 0.15) is 5.54 Å². The molecule has 6 nitrogen and oxygen atoms in total. The molecule has 2 fully saturated rings. The second-order valence-corrected chi connectivity index (χ2v) is 6.11. The van der Waals surface area contributed by atoms with Crippen molar-refractivity contribution in [2.75, 3.05) is 13.2 Å². The Morgan fingerprint density at radius 2 is 1.95 bits per heavy atom. The molecule has 1 saturated carbocycles. The maximum Gasteiger partial charge on any atom is 0.329 e. The van der Waals surface area contributed by atoms with E-state index in [1.54, 1.807) is 0 Å². The number of rotatable bonds is 6. The fraction of sp³-hybridized carbons (Fsp3) is 0.867. The van der Waals surface area contributed by atoms with Crippen LogP contribution in [0.1, 0.15) is 57.8 Å². The van der Waals surface area contributed by atoms with E-state index in [-0.39, 0.29) is 6.03 Å². The normalized spacial score (nSPS) is 24.5. The fourth-order valence-corrected chi connectivity index (χ4v) is 3.21. The molecule has 3 N–H and O–H groups in total. The molecule has 0 bridgehead atoms. The van der Waals surface area contributed by atoms with Crippen LogP contribution in [0.2, 0.25) is 0 Å². The Bertz CT molecular complexity index is 361. The molecule has 0 aromatic rings. The van der Waals surface area contributed by atoms with Gasteiger partial charge in [-0.05, 0) is 38.5 Å². The van der Waals surface area contributed by atoms with Crippen LogP contribution in [0.25, 0.3) is 0 Å². The van der Waals surface area contributed by atoms with Crippen molar-refractivity contribution in [2.24, 2.45) is 0 Å². The number of carboxylic acids is 1. The lowest BCUT2D eigenvalue weighted by Gasteiger charge is -2.33. The van der Waals surface area contributed by atoms with Gasteiger partial charge in [-0.1, -0.05) is 19.3 Å². The Morgan fingerprint density at radius 3 is 2.57 bits per heavy atom. The molecule has 0 spiro atoms. The Labute approximate surface area is 125 Å². The molecule has 1 aliphatic carbocycles. The number of carbonyl (C=O) groups excluding carboxylic acids is 1. The molecule has 2 aliphatic rings. The summed E-state index contributed by atoms with van der Waals surface area (Å²) in [5, 5.41) is 14.8. The molecular formula is C15H26N2O4. The van der Waals surface area contributed by atoms with E-state index in [0.29, 0.717) is 25.5 Å². The third-order valence-corrected chi connectivity index (χ3v) is 4.48. The van der Waals surface area contributed by atoms with Crippen molar-refractivity contribution in [3.63, 3.8) is 0 Å². The molecule has 2 rings (SSSR count). The minimum absolute atomic E-state index is 0.332. The predicted molar refractivity (Wildman–Crippen MR) is 78.2 cm³/mol. The summed E-state index contributed by atoms with van der Waals surface area (Å²) in [5.74, 6) is -0.920. The maximum atomic E-state index is 11.9. The van der Waals surface area contributed by atoms with Crippen LogP contribution in [0.15, 0.2) is 0 Å². The number of hydrogen-bond acceptors (Lipinski definition) is 3. The summed E-state index contributed by atoms with van der Waals surface area (Å²) < 4.78 is 5.52. The molecule has 1 aliphatic heterocycles. The lowest BCUT2D eigenvalue weighted by Crippen LogP contribution is -2.58. The van der Waals surface area contributed by atoms with E-state index in [2.05, 4.69) is 10.6 Å². The highest BCUT2D eigenvalue weighted by molar-refractivity contribution is 5.86. The van der Waals surface area contributed by atoms with Gasteiger partial charge in [0.15, 0.2) is 0 Å². The van der Waals surface area contributed by atoms with Crippen LogP contribution >= 0.6 is 0 Å². The second kappa shape index (κ2) is 7.64. The first-order valence-electron chi connectivity index (χ1n) is 8.03. The van der Waals surface area contributed by atoms with Gasteiger partial charge in [0.05, 0.1) is 6.10 Å². The zero-order valence-electron chi connectivity index (χ0n) is 12.5. The highest BCUT2D eigenvalue weighted by atomic mass is 16.5. The number of carboxylic acid groups (broad SMARTS) is 1. The van der Waals surface area contributed by atoms with Crippen LogP contribution in [0.3, 0.4) is 0 Å². The highest BCUT2D eigenvalue weighted by Crippen LogP contribution is 2.28. The summed E-state index contributed by atoms with van der Waals surface area (Å²) in [7, 11) is 0. The van der Waals surface area contributed by atoms with Crippen molar-refractivity contribution in [3.8, 4) is 0 Å². The summed E-state index contributed by atoms with van der Waals surface area (Å²) in [6.45, 7) is 1.40. The molecule has 1 heterocycles. The van der Waals surface area contributed by atoms with Crippen LogP contribution in [-0.2, 0) is 9.53 Å². The quantitative estimate of drug-likeness (QED) is 0.655. The minimum atomic E-state index is -1.07. The van der Waals surface area contributed by atoms with Gasteiger partial charge < -0.3 is 20.5 Å². The molecule has 1 atom stereocenters. The number of hydrogen-bond donors (Lipinski definition) is 3. The van der Waals surface area contributed by atoms with Crippen molar-refractivity contribution in [1.29, 1.82) is 0 Å². The average Bonchev–Trinajstić information content (AvgIpc) is 2.98. The summed E-state index contributed by atoms with van der Waals surface area (Å²) in [4.78, 5) is 23.4. The van der Waals surface area contributed by atoms with Crippen molar-refractivity contribution in [3.05, 3.63) is 0 Å². The first-order valence-corrected chi connectivity index (χ1v) is 8.03. The summed E-state index contributed by atoms with van der Waals surface area (Å²) in [5.41, 5.74) is -1.07. The molecule has 120 valence electrons. The van der Waals surface area contributed by atoms with Crippen molar-refractivity contribution in [1.82, 2.24) is 10.6 Å². The van der Waals surface area contributed by atoms with E-state index in [1.807, 2.05) is 0 Å². The topological polar surface area (TPSA) is 87.7 Å². The van der Waals surface area contributed by atoms with E-state index >= 15 is 0 Å². The van der Waals surface area contributed by atoms with E-state index in [4.69, 9.17) is 4.74 Å². The van der Waals surface area contributed by atoms with Gasteiger partial charge in [-0.3, -0.25) is 0 Å². The number of nitrogens with one attached hydrogen (secondary N) is 2. The van der Waals surface area contributed by atoms with Crippen molar-refractivity contribution in [2.45, 2.75) is 69.4 Å². The standard InChI is InChI=1S/C15H26N2O4/c18-13(19)15(8-2-1-3-9-15)17-14(20)16-10-4-6-12-7-5-11-21-12/h12H,1-11H2,(H,18,19)(H2,16,17,20). The molecule has 1 saturated heterocycles. The molecule has 21 heavy (non-hydrogen) atoms. The zero-order valence-corrected chi connectivity index (χ0v) is 12.5. The number of amides is 2. The predicted octanol–water partition coefficient (Wildman–Crippen LogP) is 2.03. The minimum Gasteiger partial charge on any atom is -0.480 e. The number of urea groups is 1. The van der Waals surface area contributed by atoms with Gasteiger partial charge in [-0.15, -0.1) is 0 Å². The zero-order chi connectivity index (χ0) is 15.1.